The minimum atomic E-state index is -2.92. The maximum atomic E-state index is 14.2. The van der Waals surface area contributed by atoms with Crippen LogP contribution in [-0.4, -0.2) is 27.5 Å². The highest BCUT2D eigenvalue weighted by molar-refractivity contribution is 7.74. The van der Waals surface area contributed by atoms with E-state index in [2.05, 4.69) is 0 Å². The van der Waals surface area contributed by atoms with E-state index in [-0.39, 0.29) is 16.9 Å². The van der Waals surface area contributed by atoms with Crippen LogP contribution < -0.4 is 15.3 Å². The van der Waals surface area contributed by atoms with Crippen LogP contribution in [0.15, 0.2) is 101 Å². The Hall–Kier alpha value is -5.97. The summed E-state index contributed by atoms with van der Waals surface area (Å²) < 4.78 is 32.9. The summed E-state index contributed by atoms with van der Waals surface area (Å²) in [6.45, 7) is 0. The molecule has 0 aliphatic heterocycles. The molecule has 0 saturated carbocycles. The number of para-hydroxylation sites is 4. The Balaban J connectivity index is 1.43. The Bertz CT molecular complexity index is 3310. The summed E-state index contributed by atoms with van der Waals surface area (Å²) >= 11 is -2.92. The predicted octanol–water partition coefficient (Wildman–Crippen LogP) is 6.41. The van der Waals surface area contributed by atoms with Gasteiger partial charge in [0.25, 0.3) is 11.1 Å². The van der Waals surface area contributed by atoms with Crippen molar-refractivity contribution in [2.24, 2.45) is 0 Å². The molecule has 0 aliphatic carbocycles. The molecule has 4 heterocycles. The summed E-state index contributed by atoms with van der Waals surface area (Å²) in [4.78, 5) is 38.0. The fraction of sp³-hybridized carbons (Fsp3) is 0. The molecule has 11 aromatic rings. The maximum Gasteiger partial charge on any atom is 0.264 e. The molecule has 0 bridgehead atoms. The van der Waals surface area contributed by atoms with Crippen LogP contribution in [0.4, 0.5) is 0 Å². The van der Waals surface area contributed by atoms with Gasteiger partial charge in [-0.3, -0.25) is 18.4 Å². The zero-order valence-corrected chi connectivity index (χ0v) is 24.2. The van der Waals surface area contributed by atoms with Crippen LogP contribution >= 0.6 is 0 Å². The van der Waals surface area contributed by atoms with Crippen LogP contribution in [0.2, 0.25) is 0 Å². The van der Waals surface area contributed by atoms with Crippen molar-refractivity contribution in [1.29, 1.82) is 0 Å². The Morgan fingerprint density at radius 2 is 1.02 bits per heavy atom. The molecule has 216 valence electrons. The third-order valence-electron chi connectivity index (χ3n) is 9.59. The second kappa shape index (κ2) is 7.99. The lowest BCUT2D eigenvalue weighted by molar-refractivity contribution is 0.442. The molecule has 0 fully saturated rings. The second-order valence-corrected chi connectivity index (χ2v) is 12.3. The summed E-state index contributed by atoms with van der Waals surface area (Å²) in [7, 11) is 0. The zero-order valence-electron chi connectivity index (χ0n) is 23.4. The first-order chi connectivity index (χ1) is 22.5. The summed E-state index contributed by atoms with van der Waals surface area (Å²) in [6, 6.07) is 28.1. The average molecular weight is 616 g/mol. The minimum Gasteiger partial charge on any atom is -0.740 e. The lowest BCUT2D eigenvalue weighted by Crippen LogP contribution is -2.14. The zero-order chi connectivity index (χ0) is 30.6. The molecule has 11 rings (SSSR count). The van der Waals surface area contributed by atoms with E-state index in [1.807, 2.05) is 84.9 Å². The Kier molecular flexibility index (Phi) is 4.23. The molecule has 0 N–H and O–H groups in total. The van der Waals surface area contributed by atoms with Crippen molar-refractivity contribution < 1.29 is 12.9 Å². The molecule has 46 heavy (non-hydrogen) atoms. The van der Waals surface area contributed by atoms with Gasteiger partial charge in [0.05, 0.1) is 27.5 Å². The number of fused-ring (bicyclic) bond motifs is 10. The predicted molar refractivity (Wildman–Crippen MR) is 180 cm³/mol. The quantitative estimate of drug-likeness (QED) is 0.125. The first-order valence-corrected chi connectivity index (χ1v) is 15.6. The normalized spacial score (nSPS) is 13.5. The first-order valence-electron chi connectivity index (χ1n) is 14.6. The van der Waals surface area contributed by atoms with E-state index in [1.165, 1.54) is 6.07 Å². The minimum absolute atomic E-state index is 0.0381. The van der Waals surface area contributed by atoms with Crippen LogP contribution in [0.25, 0.3) is 98.0 Å². The number of nitrogens with zero attached hydrogens (tertiary/aromatic N) is 4. The molecule has 1 unspecified atom stereocenters. The third-order valence-corrected chi connectivity index (χ3v) is 9.91. The fourth-order valence-electron chi connectivity index (χ4n) is 7.88. The molecule has 7 aromatic carbocycles. The van der Waals surface area contributed by atoms with Crippen molar-refractivity contribution in [2.75, 3.05) is 0 Å². The monoisotopic (exact) mass is 615 g/mol. The fourth-order valence-corrected chi connectivity index (χ4v) is 8.16. The molecule has 0 amide bonds. The van der Waals surface area contributed by atoms with Gasteiger partial charge in [-0.2, -0.15) is 0 Å². The average Bonchev–Trinajstić information content (AvgIpc) is 3.65. The summed E-state index contributed by atoms with van der Waals surface area (Å²) in [5, 5.41) is 8.26. The van der Waals surface area contributed by atoms with Crippen LogP contribution in [0.5, 0.6) is 5.75 Å². The second-order valence-electron chi connectivity index (χ2n) is 11.7. The number of benzene rings is 7. The molecule has 4 aromatic heterocycles. The maximum absolute atomic E-state index is 14.2. The molecular formula is C36H15N4O5S-. The van der Waals surface area contributed by atoms with Gasteiger partial charge in [0.1, 0.15) is 28.4 Å². The van der Waals surface area contributed by atoms with E-state index in [4.69, 9.17) is 14.2 Å². The van der Waals surface area contributed by atoms with Gasteiger partial charge in [-0.1, -0.05) is 42.5 Å². The molecule has 9 nitrogen and oxygen atoms in total. The van der Waals surface area contributed by atoms with Gasteiger partial charge in [-0.25, -0.2) is 14.2 Å². The van der Waals surface area contributed by atoms with E-state index in [0.29, 0.717) is 54.6 Å². The molecule has 0 spiro atoms. The van der Waals surface area contributed by atoms with E-state index >= 15 is 0 Å². The Morgan fingerprint density at radius 3 is 1.65 bits per heavy atom. The van der Waals surface area contributed by atoms with Crippen molar-refractivity contribution in [3.05, 3.63) is 112 Å². The van der Waals surface area contributed by atoms with Crippen molar-refractivity contribution in [3.63, 3.8) is 0 Å². The number of hydrogen-bond donors (Lipinski definition) is 0. The standard InChI is InChI=1S/C36H16N4O5S/c41-35-21-14-10-16-17-9-12-20-30-22(36(42)40-26-8-4-2-6-24(26)38-34(20)40)15-27(45-46(43)44)31(32(17)30)18-11-13-19(29(21)28(16)18)33-37-23-5-1-3-7-25(23)39(33)35/h1-15H,(H,43,44)/p-1. The van der Waals surface area contributed by atoms with Crippen molar-refractivity contribution in [1.82, 2.24) is 18.8 Å². The summed E-state index contributed by atoms with van der Waals surface area (Å²) in [6.07, 6.45) is 0. The number of aromatic nitrogens is 4. The van der Waals surface area contributed by atoms with Gasteiger partial charge in [0.15, 0.2) is 0 Å². The Morgan fingerprint density at radius 1 is 0.543 bits per heavy atom. The number of imidazole rings is 2. The SMILES string of the molecule is O=c1c2ccc3c4ccc5c6c(cc(OS(=O)[O-])c(c7ccc(c2c37)c2nc3ccccc3n12)c46)c(=O)n1c2ccccc2nc51. The van der Waals surface area contributed by atoms with Crippen LogP contribution in [0.1, 0.15) is 0 Å². The van der Waals surface area contributed by atoms with Gasteiger partial charge in [0.2, 0.25) is 0 Å². The topological polar surface area (TPSA) is 118 Å². The lowest BCUT2D eigenvalue weighted by atomic mass is 9.85. The summed E-state index contributed by atoms with van der Waals surface area (Å²) in [5.41, 5.74) is 3.38. The van der Waals surface area contributed by atoms with Crippen LogP contribution in [-0.2, 0) is 11.4 Å². The molecular weight excluding hydrogens is 600 g/mol. The van der Waals surface area contributed by atoms with Gasteiger partial charge in [0, 0.05) is 37.7 Å². The van der Waals surface area contributed by atoms with Gasteiger partial charge in [-0.05, 0) is 70.1 Å². The van der Waals surface area contributed by atoms with Gasteiger partial charge in [-0.15, -0.1) is 0 Å². The Labute approximate surface area is 258 Å². The van der Waals surface area contributed by atoms with E-state index in [0.717, 1.165) is 43.4 Å². The van der Waals surface area contributed by atoms with Crippen molar-refractivity contribution in [2.45, 2.75) is 0 Å². The molecule has 10 heteroatoms. The van der Waals surface area contributed by atoms with Gasteiger partial charge < -0.3 is 8.74 Å². The first kappa shape index (κ1) is 24.4. The van der Waals surface area contributed by atoms with Crippen LogP contribution in [0.3, 0.4) is 0 Å². The molecule has 0 radical (unpaired) electrons. The largest absolute Gasteiger partial charge is 0.740 e. The smallest absolute Gasteiger partial charge is 0.264 e. The van der Waals surface area contributed by atoms with Crippen molar-refractivity contribution >= 4 is 109 Å². The molecule has 1 atom stereocenters. The van der Waals surface area contributed by atoms with Crippen molar-refractivity contribution in [3.8, 4) is 5.75 Å². The number of pyridine rings is 2. The van der Waals surface area contributed by atoms with Gasteiger partial charge >= 0.3 is 0 Å². The molecule has 0 aliphatic rings. The highest BCUT2D eigenvalue weighted by atomic mass is 32.2. The van der Waals surface area contributed by atoms with E-state index in [1.54, 1.807) is 8.80 Å². The van der Waals surface area contributed by atoms with E-state index < -0.39 is 11.4 Å². The lowest BCUT2D eigenvalue weighted by Gasteiger charge is -2.20. The number of rotatable bonds is 2. The number of hydrogen-bond acceptors (Lipinski definition) is 7. The summed E-state index contributed by atoms with van der Waals surface area (Å²) in [5.74, 6) is 0.0381. The highest BCUT2D eigenvalue weighted by Gasteiger charge is 2.26. The van der Waals surface area contributed by atoms with E-state index in [9.17, 15) is 18.4 Å². The molecule has 0 saturated heterocycles. The highest BCUT2D eigenvalue weighted by Crippen LogP contribution is 2.49. The van der Waals surface area contributed by atoms with Crippen LogP contribution in [0, 0.1) is 0 Å². The third kappa shape index (κ3) is 2.70.